The Morgan fingerprint density at radius 1 is 1.03 bits per heavy atom. The van der Waals surface area contributed by atoms with Gasteiger partial charge < -0.3 is 4.84 Å². The SMILES string of the molecule is C[C@]12CCC(CNOC(=O)Cc3cccnc3)C=C1CC[C@H]1[C@@H]2CC[C@]2(C)C(c3cccnc3)=CC[C@@H]12. The number of allylic oxidation sites excluding steroid dienone is 3. The predicted molar refractivity (Wildman–Crippen MR) is 145 cm³/mol. The maximum atomic E-state index is 12.2. The van der Waals surface area contributed by atoms with E-state index < -0.39 is 0 Å². The van der Waals surface area contributed by atoms with Crippen LogP contribution in [0.4, 0.5) is 0 Å². The molecular weight excluding hydrogens is 458 g/mol. The van der Waals surface area contributed by atoms with Crippen LogP contribution in [0.25, 0.3) is 5.57 Å². The summed E-state index contributed by atoms with van der Waals surface area (Å²) in [6, 6.07) is 8.05. The van der Waals surface area contributed by atoms with E-state index in [0.29, 0.717) is 17.9 Å². The van der Waals surface area contributed by atoms with Gasteiger partial charge in [0.25, 0.3) is 0 Å². The van der Waals surface area contributed by atoms with Crippen LogP contribution >= 0.6 is 0 Å². The van der Waals surface area contributed by atoms with Crippen molar-refractivity contribution in [1.82, 2.24) is 15.4 Å². The lowest BCUT2D eigenvalue weighted by molar-refractivity contribution is -0.150. The molecule has 5 heteroatoms. The number of carbonyl (C=O) groups excluding carboxylic acids is 1. The van der Waals surface area contributed by atoms with Gasteiger partial charge in [0.15, 0.2) is 0 Å². The third-order valence-corrected chi connectivity index (χ3v) is 10.4. The fourth-order valence-corrected chi connectivity index (χ4v) is 8.43. The third-order valence-electron chi connectivity index (χ3n) is 10.4. The molecule has 0 radical (unpaired) electrons. The molecule has 6 atom stereocenters. The molecule has 4 aliphatic carbocycles. The van der Waals surface area contributed by atoms with E-state index in [1.54, 1.807) is 23.5 Å². The highest BCUT2D eigenvalue weighted by Gasteiger charge is 2.57. The monoisotopic (exact) mass is 497 g/mol. The molecule has 2 saturated carbocycles. The van der Waals surface area contributed by atoms with Crippen LogP contribution in [0.2, 0.25) is 0 Å². The van der Waals surface area contributed by atoms with Crippen molar-refractivity contribution in [3.8, 4) is 0 Å². The number of hydroxylamine groups is 1. The summed E-state index contributed by atoms with van der Waals surface area (Å²) in [6.07, 6.45) is 21.4. The van der Waals surface area contributed by atoms with Crippen molar-refractivity contribution < 1.29 is 9.63 Å². The van der Waals surface area contributed by atoms with Gasteiger partial charge in [-0.25, -0.2) is 0 Å². The van der Waals surface area contributed by atoms with E-state index in [-0.39, 0.29) is 17.8 Å². The number of nitrogens with one attached hydrogen (secondary N) is 1. The molecule has 2 heterocycles. The molecule has 37 heavy (non-hydrogen) atoms. The Labute approximate surface area is 220 Å². The zero-order valence-electron chi connectivity index (χ0n) is 22.2. The number of rotatable bonds is 6. The van der Waals surface area contributed by atoms with Crippen LogP contribution in [0, 0.1) is 34.5 Å². The van der Waals surface area contributed by atoms with Crippen molar-refractivity contribution in [2.45, 2.75) is 65.2 Å². The van der Waals surface area contributed by atoms with Crippen molar-refractivity contribution in [3.63, 3.8) is 0 Å². The summed E-state index contributed by atoms with van der Waals surface area (Å²) >= 11 is 0. The van der Waals surface area contributed by atoms with Gasteiger partial charge in [-0.2, -0.15) is 5.48 Å². The molecule has 5 nitrogen and oxygen atoms in total. The predicted octanol–water partition coefficient (Wildman–Crippen LogP) is 6.34. The Balaban J connectivity index is 1.09. The van der Waals surface area contributed by atoms with Gasteiger partial charge in [-0.15, -0.1) is 0 Å². The minimum Gasteiger partial charge on any atom is -0.370 e. The first-order valence-electron chi connectivity index (χ1n) is 14.1. The molecule has 6 rings (SSSR count). The van der Waals surface area contributed by atoms with Crippen molar-refractivity contribution in [3.05, 3.63) is 77.9 Å². The molecular formula is C32H39N3O2. The molecule has 194 valence electrons. The number of hydrogen-bond donors (Lipinski definition) is 1. The molecule has 2 aromatic heterocycles. The highest BCUT2D eigenvalue weighted by Crippen LogP contribution is 2.66. The average molecular weight is 498 g/mol. The highest BCUT2D eigenvalue weighted by atomic mass is 16.7. The minimum absolute atomic E-state index is 0.241. The second-order valence-electron chi connectivity index (χ2n) is 12.2. The Kier molecular flexibility index (Phi) is 6.52. The first-order valence-corrected chi connectivity index (χ1v) is 14.1. The quantitative estimate of drug-likeness (QED) is 0.373. The van der Waals surface area contributed by atoms with E-state index >= 15 is 0 Å². The summed E-state index contributed by atoms with van der Waals surface area (Å²) in [6.45, 7) is 5.78. The molecule has 0 aromatic carbocycles. The zero-order chi connectivity index (χ0) is 25.5. The van der Waals surface area contributed by atoms with E-state index in [0.717, 1.165) is 29.7 Å². The molecule has 0 amide bonds. The molecule has 4 aliphatic rings. The van der Waals surface area contributed by atoms with Crippen LogP contribution in [-0.4, -0.2) is 22.5 Å². The van der Waals surface area contributed by atoms with Gasteiger partial charge in [-0.1, -0.05) is 43.7 Å². The lowest BCUT2D eigenvalue weighted by Gasteiger charge is -2.58. The van der Waals surface area contributed by atoms with Gasteiger partial charge in [0.05, 0.1) is 6.42 Å². The summed E-state index contributed by atoms with van der Waals surface area (Å²) < 4.78 is 0. The minimum atomic E-state index is -0.261. The van der Waals surface area contributed by atoms with Gasteiger partial charge in [0.1, 0.15) is 0 Å². The van der Waals surface area contributed by atoms with Crippen LogP contribution < -0.4 is 5.48 Å². The van der Waals surface area contributed by atoms with E-state index in [9.17, 15) is 4.79 Å². The van der Waals surface area contributed by atoms with E-state index in [4.69, 9.17) is 4.84 Å². The van der Waals surface area contributed by atoms with Crippen LogP contribution in [-0.2, 0) is 16.1 Å². The Morgan fingerprint density at radius 2 is 1.84 bits per heavy atom. The topological polar surface area (TPSA) is 64.1 Å². The summed E-state index contributed by atoms with van der Waals surface area (Å²) in [7, 11) is 0. The van der Waals surface area contributed by atoms with Gasteiger partial charge in [0, 0.05) is 31.3 Å². The zero-order valence-corrected chi connectivity index (χ0v) is 22.2. The largest absolute Gasteiger partial charge is 0.370 e. The van der Waals surface area contributed by atoms with E-state index in [1.807, 2.05) is 18.3 Å². The fourth-order valence-electron chi connectivity index (χ4n) is 8.43. The summed E-state index contributed by atoms with van der Waals surface area (Å²) in [5, 5.41) is 0. The van der Waals surface area contributed by atoms with Gasteiger partial charge >= 0.3 is 5.97 Å². The van der Waals surface area contributed by atoms with Crippen molar-refractivity contribution >= 4 is 11.5 Å². The summed E-state index contributed by atoms with van der Waals surface area (Å²) in [4.78, 5) is 26.0. The maximum absolute atomic E-state index is 12.2. The first kappa shape index (κ1) is 24.5. The first-order chi connectivity index (χ1) is 18.0. The van der Waals surface area contributed by atoms with Gasteiger partial charge in [-0.3, -0.25) is 14.8 Å². The molecule has 0 bridgehead atoms. The van der Waals surface area contributed by atoms with Crippen LogP contribution in [0.3, 0.4) is 0 Å². The molecule has 2 aromatic rings. The average Bonchev–Trinajstić information content (AvgIpc) is 3.27. The number of carbonyl (C=O) groups is 1. The van der Waals surface area contributed by atoms with Gasteiger partial charge in [-0.05, 0) is 108 Å². The van der Waals surface area contributed by atoms with Crippen molar-refractivity contribution in [1.29, 1.82) is 0 Å². The second-order valence-corrected chi connectivity index (χ2v) is 12.2. The number of hydrogen-bond acceptors (Lipinski definition) is 5. The maximum Gasteiger partial charge on any atom is 0.329 e. The molecule has 0 spiro atoms. The third kappa shape index (κ3) is 4.46. The summed E-state index contributed by atoms with van der Waals surface area (Å²) in [5.41, 5.74) is 8.96. The lowest BCUT2D eigenvalue weighted by atomic mass is 9.46. The number of pyridine rings is 2. The Bertz CT molecular complexity index is 1190. The molecule has 0 aliphatic heterocycles. The van der Waals surface area contributed by atoms with Crippen LogP contribution in [0.15, 0.2) is 66.8 Å². The standard InChI is InChI=1S/C32H39N3O2/c1-31-13-11-23(20-35-37-30(36)18-22-5-3-15-33-19-22)17-25(31)7-8-26-28-10-9-27(24-6-4-16-34-21-24)32(28,2)14-12-29(26)31/h3-6,9,15-17,19,21,23,26,28-29,35H,7-8,10-14,18,20H2,1-2H3/t23?,26-,28+,29+,31+,32-/m1/s1. The molecule has 0 saturated heterocycles. The Morgan fingerprint density at radius 3 is 2.62 bits per heavy atom. The summed E-state index contributed by atoms with van der Waals surface area (Å²) in [5.74, 6) is 2.49. The van der Waals surface area contributed by atoms with Crippen molar-refractivity contribution in [2.75, 3.05) is 6.54 Å². The smallest absolute Gasteiger partial charge is 0.329 e. The number of nitrogens with zero attached hydrogens (tertiary/aromatic N) is 2. The van der Waals surface area contributed by atoms with Gasteiger partial charge in [0.2, 0.25) is 0 Å². The second kappa shape index (κ2) is 9.83. The normalized spacial score (nSPS) is 34.4. The number of fused-ring (bicyclic) bond motifs is 5. The van der Waals surface area contributed by atoms with Crippen LogP contribution in [0.5, 0.6) is 0 Å². The van der Waals surface area contributed by atoms with E-state index in [2.05, 4.69) is 59.8 Å². The number of aromatic nitrogens is 2. The van der Waals surface area contributed by atoms with Crippen LogP contribution in [0.1, 0.15) is 69.9 Å². The Hall–Kier alpha value is -2.79. The lowest BCUT2D eigenvalue weighted by Crippen LogP contribution is -2.50. The molecule has 2 fully saturated rings. The molecule has 1 N–H and O–H groups in total. The highest BCUT2D eigenvalue weighted by molar-refractivity contribution is 5.72. The molecule has 1 unspecified atom stereocenters. The van der Waals surface area contributed by atoms with Crippen molar-refractivity contribution in [2.24, 2.45) is 34.5 Å². The van der Waals surface area contributed by atoms with E-state index in [1.165, 1.54) is 44.1 Å². The fraction of sp³-hybridized carbons (Fsp3) is 0.531.